The average molecular weight is 313 g/mol. The SMILES string of the molecule is CC(C)(C)NC(=O)c1ccccc1OCCOc1ccccc1. The first-order valence-corrected chi connectivity index (χ1v) is 7.68. The van der Waals surface area contributed by atoms with E-state index in [1.165, 1.54) is 0 Å². The normalized spacial score (nSPS) is 10.9. The van der Waals surface area contributed by atoms with Crippen molar-refractivity contribution >= 4 is 5.91 Å². The Morgan fingerprint density at radius 2 is 1.52 bits per heavy atom. The van der Waals surface area contributed by atoms with E-state index < -0.39 is 0 Å². The van der Waals surface area contributed by atoms with Crippen LogP contribution in [0.1, 0.15) is 31.1 Å². The van der Waals surface area contributed by atoms with Crippen LogP contribution in [0.3, 0.4) is 0 Å². The van der Waals surface area contributed by atoms with Crippen molar-refractivity contribution in [1.29, 1.82) is 0 Å². The highest BCUT2D eigenvalue weighted by atomic mass is 16.5. The molecule has 0 spiro atoms. The minimum atomic E-state index is -0.291. The van der Waals surface area contributed by atoms with Gasteiger partial charge in [-0.05, 0) is 45.0 Å². The Hall–Kier alpha value is -2.49. The second kappa shape index (κ2) is 7.68. The molecular weight excluding hydrogens is 290 g/mol. The van der Waals surface area contributed by atoms with E-state index in [1.807, 2.05) is 63.2 Å². The Morgan fingerprint density at radius 1 is 0.913 bits per heavy atom. The van der Waals surface area contributed by atoms with Gasteiger partial charge in [0.05, 0.1) is 5.56 Å². The van der Waals surface area contributed by atoms with Crippen LogP contribution in [0.25, 0.3) is 0 Å². The maximum absolute atomic E-state index is 12.3. The molecule has 0 bridgehead atoms. The summed E-state index contributed by atoms with van der Waals surface area (Å²) in [5, 5.41) is 2.94. The Bertz CT molecular complexity index is 633. The summed E-state index contributed by atoms with van der Waals surface area (Å²) in [6, 6.07) is 16.8. The number of rotatable bonds is 6. The van der Waals surface area contributed by atoms with Crippen molar-refractivity contribution in [1.82, 2.24) is 5.32 Å². The Morgan fingerprint density at radius 3 is 2.22 bits per heavy atom. The van der Waals surface area contributed by atoms with Crippen molar-refractivity contribution in [3.05, 3.63) is 60.2 Å². The van der Waals surface area contributed by atoms with Gasteiger partial charge in [0.25, 0.3) is 5.91 Å². The molecule has 0 aromatic heterocycles. The van der Waals surface area contributed by atoms with Gasteiger partial charge in [-0.3, -0.25) is 4.79 Å². The maximum Gasteiger partial charge on any atom is 0.255 e. The first-order chi connectivity index (χ1) is 11.0. The number of nitrogens with one attached hydrogen (secondary N) is 1. The molecule has 0 saturated heterocycles. The van der Waals surface area contributed by atoms with Crippen molar-refractivity contribution in [3.8, 4) is 11.5 Å². The number of ether oxygens (including phenoxy) is 2. The lowest BCUT2D eigenvalue weighted by molar-refractivity contribution is 0.0914. The molecule has 0 radical (unpaired) electrons. The summed E-state index contributed by atoms with van der Waals surface area (Å²) < 4.78 is 11.3. The molecule has 0 unspecified atom stereocenters. The fraction of sp³-hybridized carbons (Fsp3) is 0.316. The molecule has 0 heterocycles. The lowest BCUT2D eigenvalue weighted by Gasteiger charge is -2.21. The van der Waals surface area contributed by atoms with Crippen LogP contribution in [-0.4, -0.2) is 24.7 Å². The van der Waals surface area contributed by atoms with Gasteiger partial charge in [-0.15, -0.1) is 0 Å². The van der Waals surface area contributed by atoms with E-state index >= 15 is 0 Å². The Labute approximate surface area is 137 Å². The van der Waals surface area contributed by atoms with E-state index in [4.69, 9.17) is 9.47 Å². The minimum Gasteiger partial charge on any atom is -0.490 e. The van der Waals surface area contributed by atoms with Crippen molar-refractivity contribution in [2.45, 2.75) is 26.3 Å². The summed E-state index contributed by atoms with van der Waals surface area (Å²) in [6.07, 6.45) is 0. The summed E-state index contributed by atoms with van der Waals surface area (Å²) in [7, 11) is 0. The van der Waals surface area contributed by atoms with Crippen LogP contribution in [0.4, 0.5) is 0 Å². The van der Waals surface area contributed by atoms with Gasteiger partial charge in [0, 0.05) is 5.54 Å². The predicted molar refractivity (Wildman–Crippen MR) is 91.1 cm³/mol. The number of carbonyl (C=O) groups is 1. The summed E-state index contributed by atoms with van der Waals surface area (Å²) in [4.78, 5) is 12.3. The molecule has 122 valence electrons. The molecule has 0 atom stereocenters. The highest BCUT2D eigenvalue weighted by Crippen LogP contribution is 2.19. The summed E-state index contributed by atoms with van der Waals surface area (Å²) >= 11 is 0. The van der Waals surface area contributed by atoms with E-state index in [0.717, 1.165) is 5.75 Å². The van der Waals surface area contributed by atoms with Crippen molar-refractivity contribution < 1.29 is 14.3 Å². The predicted octanol–water partition coefficient (Wildman–Crippen LogP) is 3.67. The topological polar surface area (TPSA) is 47.6 Å². The molecule has 2 aromatic carbocycles. The van der Waals surface area contributed by atoms with Crippen LogP contribution < -0.4 is 14.8 Å². The minimum absolute atomic E-state index is 0.142. The largest absolute Gasteiger partial charge is 0.490 e. The molecule has 4 heteroatoms. The highest BCUT2D eigenvalue weighted by Gasteiger charge is 2.18. The standard InChI is InChI=1S/C19H23NO3/c1-19(2,3)20-18(21)16-11-7-8-12-17(16)23-14-13-22-15-9-5-4-6-10-15/h4-12H,13-14H2,1-3H3,(H,20,21). The van der Waals surface area contributed by atoms with Gasteiger partial charge in [-0.1, -0.05) is 30.3 Å². The molecule has 2 aromatic rings. The van der Waals surface area contributed by atoms with Gasteiger partial charge in [0.1, 0.15) is 24.7 Å². The molecule has 1 amide bonds. The third-order valence-corrected chi connectivity index (χ3v) is 2.97. The quantitative estimate of drug-likeness (QED) is 0.828. The van der Waals surface area contributed by atoms with Gasteiger partial charge in [-0.2, -0.15) is 0 Å². The van der Waals surface area contributed by atoms with Crippen LogP contribution in [-0.2, 0) is 0 Å². The third kappa shape index (κ3) is 5.66. The van der Waals surface area contributed by atoms with Crippen molar-refractivity contribution in [2.24, 2.45) is 0 Å². The first-order valence-electron chi connectivity index (χ1n) is 7.68. The number of para-hydroxylation sites is 2. The van der Waals surface area contributed by atoms with E-state index in [-0.39, 0.29) is 11.4 Å². The van der Waals surface area contributed by atoms with Crippen LogP contribution >= 0.6 is 0 Å². The van der Waals surface area contributed by atoms with E-state index in [1.54, 1.807) is 12.1 Å². The number of amides is 1. The molecule has 0 aliphatic rings. The molecule has 0 aliphatic heterocycles. The summed E-state index contributed by atoms with van der Waals surface area (Å²) in [6.45, 7) is 6.63. The lowest BCUT2D eigenvalue weighted by Crippen LogP contribution is -2.40. The first kappa shape index (κ1) is 16.9. The van der Waals surface area contributed by atoms with Crippen molar-refractivity contribution in [3.63, 3.8) is 0 Å². The zero-order valence-electron chi connectivity index (χ0n) is 13.8. The molecule has 2 rings (SSSR count). The van der Waals surface area contributed by atoms with Gasteiger partial charge in [0.2, 0.25) is 0 Å². The van der Waals surface area contributed by atoms with Gasteiger partial charge < -0.3 is 14.8 Å². The van der Waals surface area contributed by atoms with Crippen LogP contribution in [0.15, 0.2) is 54.6 Å². The zero-order chi connectivity index (χ0) is 16.7. The number of hydrogen-bond acceptors (Lipinski definition) is 3. The summed E-state index contributed by atoms with van der Waals surface area (Å²) in [5.41, 5.74) is 0.239. The smallest absolute Gasteiger partial charge is 0.255 e. The Kier molecular flexibility index (Phi) is 5.63. The number of benzene rings is 2. The summed E-state index contributed by atoms with van der Waals surface area (Å²) in [5.74, 6) is 1.22. The average Bonchev–Trinajstić information content (AvgIpc) is 2.51. The fourth-order valence-electron chi connectivity index (χ4n) is 2.02. The Balaban J connectivity index is 1.91. The van der Waals surface area contributed by atoms with Crippen molar-refractivity contribution in [2.75, 3.05) is 13.2 Å². The third-order valence-electron chi connectivity index (χ3n) is 2.97. The van der Waals surface area contributed by atoms with E-state index in [9.17, 15) is 4.79 Å². The zero-order valence-corrected chi connectivity index (χ0v) is 13.8. The second-order valence-electron chi connectivity index (χ2n) is 6.21. The molecular formula is C19H23NO3. The molecule has 0 saturated carbocycles. The maximum atomic E-state index is 12.3. The van der Waals surface area contributed by atoms with Crippen LogP contribution in [0.5, 0.6) is 11.5 Å². The lowest BCUT2D eigenvalue weighted by atomic mass is 10.1. The molecule has 1 N–H and O–H groups in total. The number of hydrogen-bond donors (Lipinski definition) is 1. The fourth-order valence-corrected chi connectivity index (χ4v) is 2.02. The monoisotopic (exact) mass is 313 g/mol. The van der Waals surface area contributed by atoms with Crippen LogP contribution in [0.2, 0.25) is 0 Å². The molecule has 0 fully saturated rings. The highest BCUT2D eigenvalue weighted by molar-refractivity contribution is 5.97. The van der Waals surface area contributed by atoms with Gasteiger partial charge in [0.15, 0.2) is 0 Å². The second-order valence-corrected chi connectivity index (χ2v) is 6.21. The molecule has 0 aliphatic carbocycles. The van der Waals surface area contributed by atoms with Gasteiger partial charge >= 0.3 is 0 Å². The molecule has 23 heavy (non-hydrogen) atoms. The molecule has 4 nitrogen and oxygen atoms in total. The number of carbonyl (C=O) groups excluding carboxylic acids is 1. The van der Waals surface area contributed by atoms with E-state index in [2.05, 4.69) is 5.32 Å². The van der Waals surface area contributed by atoms with Gasteiger partial charge in [-0.25, -0.2) is 0 Å². The van der Waals surface area contributed by atoms with E-state index in [0.29, 0.717) is 24.5 Å². The van der Waals surface area contributed by atoms with Crippen LogP contribution in [0, 0.1) is 0 Å².